The molecule has 4 nitrogen and oxygen atoms in total. The average molecular weight is 433 g/mol. The van der Waals surface area contributed by atoms with E-state index < -0.39 is 11.9 Å². The van der Waals surface area contributed by atoms with E-state index in [2.05, 4.69) is 20.8 Å². The van der Waals surface area contributed by atoms with E-state index in [1.165, 1.54) is 63.9 Å². The topological polar surface area (TPSA) is 74.6 Å². The molecule has 0 radical (unpaired) electrons. The number of carbonyl (C=O) groups is 2. The van der Waals surface area contributed by atoms with Crippen molar-refractivity contribution in [1.29, 1.82) is 0 Å². The first-order valence-corrected chi connectivity index (χ1v) is 12.5. The van der Waals surface area contributed by atoms with Crippen molar-refractivity contribution in [2.24, 2.45) is 5.92 Å². The molecular weight excluding hydrogens is 388 g/mol. The monoisotopic (exact) mass is 432 g/mol. The van der Waals surface area contributed by atoms with Crippen molar-refractivity contribution in [1.82, 2.24) is 0 Å². The lowest BCUT2D eigenvalue weighted by Gasteiger charge is -2.15. The Hall–Kier alpha value is -1.84. The Labute approximate surface area is 189 Å². The number of carboxylic acids is 2. The zero-order valence-corrected chi connectivity index (χ0v) is 20.0. The molecule has 0 aliphatic heterocycles. The molecule has 2 N–H and O–H groups in total. The SMILES string of the molecule is CCCCc1ccc(C(=O)O)c(C(=O)O)c1CCCCCCCCCCCCC(C)C. The van der Waals surface area contributed by atoms with Crippen molar-refractivity contribution in [2.45, 2.75) is 117 Å². The fourth-order valence-electron chi connectivity index (χ4n) is 4.27. The maximum absolute atomic E-state index is 11.8. The lowest BCUT2D eigenvalue weighted by molar-refractivity contribution is 0.0650. The van der Waals surface area contributed by atoms with Crippen LogP contribution >= 0.6 is 0 Å². The summed E-state index contributed by atoms with van der Waals surface area (Å²) in [5.41, 5.74) is 1.65. The van der Waals surface area contributed by atoms with Crippen LogP contribution < -0.4 is 0 Å². The molecule has 0 aromatic heterocycles. The Morgan fingerprint density at radius 3 is 1.77 bits per heavy atom. The van der Waals surface area contributed by atoms with Gasteiger partial charge in [0.05, 0.1) is 11.1 Å². The van der Waals surface area contributed by atoms with Gasteiger partial charge in [0.2, 0.25) is 0 Å². The van der Waals surface area contributed by atoms with Crippen molar-refractivity contribution >= 4 is 11.9 Å². The van der Waals surface area contributed by atoms with Crippen LogP contribution in [0.25, 0.3) is 0 Å². The Morgan fingerprint density at radius 2 is 1.29 bits per heavy atom. The summed E-state index contributed by atoms with van der Waals surface area (Å²) >= 11 is 0. The average Bonchev–Trinajstić information content (AvgIpc) is 2.72. The van der Waals surface area contributed by atoms with Gasteiger partial charge >= 0.3 is 11.9 Å². The highest BCUT2D eigenvalue weighted by atomic mass is 16.4. The van der Waals surface area contributed by atoms with Gasteiger partial charge < -0.3 is 10.2 Å². The molecular formula is C27H44O4. The van der Waals surface area contributed by atoms with Gasteiger partial charge in [-0.25, -0.2) is 9.59 Å². The second-order valence-electron chi connectivity index (χ2n) is 9.31. The normalized spacial score (nSPS) is 11.2. The Bertz CT molecular complexity index is 663. The van der Waals surface area contributed by atoms with Crippen LogP contribution in [0.2, 0.25) is 0 Å². The van der Waals surface area contributed by atoms with Gasteiger partial charge in [0.25, 0.3) is 0 Å². The molecule has 1 aromatic rings. The highest BCUT2D eigenvalue weighted by molar-refractivity contribution is 6.03. The summed E-state index contributed by atoms with van der Waals surface area (Å²) in [6, 6.07) is 3.28. The highest BCUT2D eigenvalue weighted by Gasteiger charge is 2.22. The first kappa shape index (κ1) is 27.2. The first-order chi connectivity index (χ1) is 14.9. The van der Waals surface area contributed by atoms with Crippen molar-refractivity contribution in [3.63, 3.8) is 0 Å². The molecule has 0 saturated carbocycles. The number of aryl methyl sites for hydroxylation is 1. The summed E-state index contributed by atoms with van der Waals surface area (Å²) in [4.78, 5) is 23.4. The molecule has 0 aliphatic rings. The molecule has 4 heteroatoms. The van der Waals surface area contributed by atoms with Crippen LogP contribution in [-0.4, -0.2) is 22.2 Å². The molecule has 0 spiro atoms. The minimum absolute atomic E-state index is 0.00132. The summed E-state index contributed by atoms with van der Waals surface area (Å²) in [5.74, 6) is -1.47. The predicted molar refractivity (Wildman–Crippen MR) is 128 cm³/mol. The predicted octanol–water partition coefficient (Wildman–Crippen LogP) is 7.92. The molecule has 0 bridgehead atoms. The molecule has 176 valence electrons. The lowest BCUT2D eigenvalue weighted by atomic mass is 9.89. The Balaban J connectivity index is 2.44. The smallest absolute Gasteiger partial charge is 0.336 e. The summed E-state index contributed by atoms with van der Waals surface area (Å²) < 4.78 is 0. The number of carboxylic acid groups (broad SMARTS) is 2. The van der Waals surface area contributed by atoms with Crippen LogP contribution in [0.1, 0.15) is 136 Å². The van der Waals surface area contributed by atoms with E-state index in [0.29, 0.717) is 6.42 Å². The maximum atomic E-state index is 11.8. The van der Waals surface area contributed by atoms with E-state index in [-0.39, 0.29) is 11.1 Å². The van der Waals surface area contributed by atoms with Gasteiger partial charge in [0.1, 0.15) is 0 Å². The number of aromatic carboxylic acids is 2. The van der Waals surface area contributed by atoms with Gasteiger partial charge in [-0.2, -0.15) is 0 Å². The van der Waals surface area contributed by atoms with E-state index in [4.69, 9.17) is 0 Å². The van der Waals surface area contributed by atoms with Crippen molar-refractivity contribution in [3.8, 4) is 0 Å². The van der Waals surface area contributed by atoms with Crippen molar-refractivity contribution in [2.75, 3.05) is 0 Å². The fraction of sp³-hybridized carbons (Fsp3) is 0.704. The van der Waals surface area contributed by atoms with Crippen LogP contribution in [0, 0.1) is 5.92 Å². The molecule has 0 unspecified atom stereocenters. The molecule has 0 heterocycles. The fourth-order valence-corrected chi connectivity index (χ4v) is 4.27. The van der Waals surface area contributed by atoms with Crippen LogP contribution in [0.5, 0.6) is 0 Å². The van der Waals surface area contributed by atoms with Crippen LogP contribution in [0.15, 0.2) is 12.1 Å². The molecule has 0 atom stereocenters. The van der Waals surface area contributed by atoms with Gasteiger partial charge in [-0.1, -0.05) is 97.5 Å². The minimum atomic E-state index is -1.16. The van der Waals surface area contributed by atoms with E-state index in [0.717, 1.165) is 49.1 Å². The quantitative estimate of drug-likeness (QED) is 0.231. The standard InChI is InChI=1S/C27H44O4/c1-4-5-17-22-19-20-24(26(28)29)25(27(30)31)23(22)18-15-13-11-9-7-6-8-10-12-14-16-21(2)3/h19-21H,4-18H2,1-3H3,(H,28,29)(H,30,31). The number of benzene rings is 1. The van der Waals surface area contributed by atoms with Crippen molar-refractivity contribution in [3.05, 3.63) is 34.4 Å². The zero-order valence-electron chi connectivity index (χ0n) is 20.0. The number of hydrogen-bond donors (Lipinski definition) is 2. The van der Waals surface area contributed by atoms with Gasteiger partial charge in [-0.15, -0.1) is 0 Å². The molecule has 31 heavy (non-hydrogen) atoms. The van der Waals surface area contributed by atoms with Crippen LogP contribution in [0.4, 0.5) is 0 Å². The number of unbranched alkanes of at least 4 members (excludes halogenated alkanes) is 10. The van der Waals surface area contributed by atoms with E-state index in [1.54, 1.807) is 0 Å². The van der Waals surface area contributed by atoms with Crippen LogP contribution in [0.3, 0.4) is 0 Å². The van der Waals surface area contributed by atoms with E-state index in [1.807, 2.05) is 6.07 Å². The number of rotatable bonds is 18. The lowest BCUT2D eigenvalue weighted by Crippen LogP contribution is -2.14. The van der Waals surface area contributed by atoms with Crippen molar-refractivity contribution < 1.29 is 19.8 Å². The second-order valence-corrected chi connectivity index (χ2v) is 9.31. The molecule has 0 fully saturated rings. The Kier molecular flexibility index (Phi) is 13.9. The second kappa shape index (κ2) is 15.9. The maximum Gasteiger partial charge on any atom is 0.336 e. The molecule has 0 amide bonds. The zero-order chi connectivity index (χ0) is 23.1. The minimum Gasteiger partial charge on any atom is -0.478 e. The third kappa shape index (κ3) is 10.8. The molecule has 1 rings (SSSR count). The molecule has 0 aliphatic carbocycles. The third-order valence-corrected chi connectivity index (χ3v) is 6.11. The molecule has 0 saturated heterocycles. The van der Waals surface area contributed by atoms with Gasteiger partial charge in [0, 0.05) is 0 Å². The van der Waals surface area contributed by atoms with E-state index >= 15 is 0 Å². The first-order valence-electron chi connectivity index (χ1n) is 12.5. The van der Waals surface area contributed by atoms with Gasteiger partial charge in [-0.05, 0) is 48.8 Å². The largest absolute Gasteiger partial charge is 0.478 e. The summed E-state index contributed by atoms with van der Waals surface area (Å²) in [6.45, 7) is 6.68. The summed E-state index contributed by atoms with van der Waals surface area (Å²) in [5, 5.41) is 19.1. The Morgan fingerprint density at radius 1 is 0.742 bits per heavy atom. The number of hydrogen-bond acceptors (Lipinski definition) is 2. The third-order valence-electron chi connectivity index (χ3n) is 6.11. The molecule has 1 aromatic carbocycles. The van der Waals surface area contributed by atoms with Gasteiger partial charge in [-0.3, -0.25) is 0 Å². The van der Waals surface area contributed by atoms with Crippen LogP contribution in [-0.2, 0) is 12.8 Å². The highest BCUT2D eigenvalue weighted by Crippen LogP contribution is 2.24. The van der Waals surface area contributed by atoms with Gasteiger partial charge in [0.15, 0.2) is 0 Å². The van der Waals surface area contributed by atoms with E-state index in [9.17, 15) is 19.8 Å². The summed E-state index contributed by atoms with van der Waals surface area (Å²) in [7, 11) is 0. The summed E-state index contributed by atoms with van der Waals surface area (Å²) in [6.07, 6.45) is 17.2.